The summed E-state index contributed by atoms with van der Waals surface area (Å²) in [4.78, 5) is 55.0. The summed E-state index contributed by atoms with van der Waals surface area (Å²) in [5, 5.41) is 10.0. The molecule has 2 amide bonds. The minimum absolute atomic E-state index is 0.0429. The molecule has 6 rings (SSSR count). The number of thiazole rings is 1. The van der Waals surface area contributed by atoms with E-state index in [4.69, 9.17) is 5.11 Å². The van der Waals surface area contributed by atoms with Crippen LogP contribution in [0.3, 0.4) is 0 Å². The number of benzene rings is 1. The Kier molecular flexibility index (Phi) is 4.62. The molecule has 3 fully saturated rings. The van der Waals surface area contributed by atoms with E-state index >= 15 is 0 Å². The number of carboxylic acid groups (broad SMARTS) is 1. The molecule has 7 nitrogen and oxygen atoms in total. The first kappa shape index (κ1) is 20.2. The van der Waals surface area contributed by atoms with Gasteiger partial charge in [0.2, 0.25) is 11.8 Å². The lowest BCUT2D eigenvalue weighted by Crippen LogP contribution is -2.42. The SMILES string of the molecule is O=C(O)CCCN1C(=O)[C@@H]2[C@@H]3C[C@@H]([C@H]4Sc5[nH]c(=O)sc5[C@H](c5ccccc5)[C@H]34)[C@@H]2C1=O. The van der Waals surface area contributed by atoms with Gasteiger partial charge in [-0.1, -0.05) is 41.7 Å². The quantitative estimate of drug-likeness (QED) is 0.651. The Morgan fingerprint density at radius 3 is 2.53 bits per heavy atom. The second-order valence-corrected chi connectivity index (χ2v) is 11.4. The van der Waals surface area contributed by atoms with Crippen molar-refractivity contribution < 1.29 is 19.5 Å². The van der Waals surface area contributed by atoms with Crippen LogP contribution in [-0.4, -0.2) is 44.6 Å². The number of hydrogen-bond acceptors (Lipinski definition) is 6. The first-order chi connectivity index (χ1) is 15.5. The van der Waals surface area contributed by atoms with Crippen LogP contribution in [0.15, 0.2) is 40.2 Å². The van der Waals surface area contributed by atoms with Gasteiger partial charge in [0.25, 0.3) is 0 Å². The molecule has 7 atom stereocenters. The summed E-state index contributed by atoms with van der Waals surface area (Å²) in [6, 6.07) is 10.2. The minimum atomic E-state index is -0.919. The van der Waals surface area contributed by atoms with E-state index in [0.29, 0.717) is 0 Å². The molecule has 2 aromatic rings. The molecule has 0 unspecified atom stereocenters. The molecule has 4 aliphatic rings. The van der Waals surface area contributed by atoms with Gasteiger partial charge in [-0.3, -0.25) is 24.1 Å². The third-order valence-electron chi connectivity index (χ3n) is 7.75. The van der Waals surface area contributed by atoms with Crippen molar-refractivity contribution >= 4 is 40.9 Å². The number of likely N-dealkylation sites (tertiary alicyclic amines) is 1. The van der Waals surface area contributed by atoms with Crippen LogP contribution < -0.4 is 4.87 Å². The number of nitrogens with zero attached hydrogens (tertiary/aromatic N) is 1. The summed E-state index contributed by atoms with van der Waals surface area (Å²) in [7, 11) is 0. The van der Waals surface area contributed by atoms with Crippen LogP contribution in [0.4, 0.5) is 0 Å². The van der Waals surface area contributed by atoms with Crippen LogP contribution in [-0.2, 0) is 14.4 Å². The summed E-state index contributed by atoms with van der Waals surface area (Å²) in [5.41, 5.74) is 1.15. The molecule has 1 aromatic heterocycles. The zero-order chi connectivity index (χ0) is 22.1. The fourth-order valence-corrected chi connectivity index (χ4v) is 9.61. The van der Waals surface area contributed by atoms with E-state index in [9.17, 15) is 19.2 Å². The molecule has 2 N–H and O–H groups in total. The number of carbonyl (C=O) groups excluding carboxylic acids is 2. The van der Waals surface area contributed by atoms with Crippen molar-refractivity contribution in [1.82, 2.24) is 9.88 Å². The van der Waals surface area contributed by atoms with Gasteiger partial charge in [-0.15, -0.1) is 11.8 Å². The van der Waals surface area contributed by atoms with Crippen molar-refractivity contribution in [1.29, 1.82) is 0 Å². The number of aliphatic carboxylic acids is 1. The van der Waals surface area contributed by atoms with Crippen LogP contribution in [0.2, 0.25) is 0 Å². The van der Waals surface area contributed by atoms with Gasteiger partial charge in [0.05, 0.1) is 16.9 Å². The first-order valence-electron chi connectivity index (χ1n) is 11.0. The molecule has 32 heavy (non-hydrogen) atoms. The highest BCUT2D eigenvalue weighted by Gasteiger charge is 2.69. The highest BCUT2D eigenvalue weighted by Crippen LogP contribution is 2.68. The number of amides is 2. The molecule has 2 aliphatic carbocycles. The second-order valence-electron chi connectivity index (χ2n) is 9.20. The summed E-state index contributed by atoms with van der Waals surface area (Å²) in [6.45, 7) is 0.182. The molecule has 9 heteroatoms. The van der Waals surface area contributed by atoms with Crippen molar-refractivity contribution in [2.24, 2.45) is 29.6 Å². The lowest BCUT2D eigenvalue weighted by molar-refractivity contribution is -0.142. The zero-order valence-corrected chi connectivity index (χ0v) is 18.7. The number of hydrogen-bond donors (Lipinski definition) is 2. The van der Waals surface area contributed by atoms with Gasteiger partial charge in [0.15, 0.2) is 0 Å². The lowest BCUT2D eigenvalue weighted by Gasteiger charge is -2.43. The molecule has 1 saturated heterocycles. The number of carboxylic acids is 1. The average molecular weight is 471 g/mol. The number of H-pyrrole nitrogens is 1. The molecular weight excluding hydrogens is 448 g/mol. The predicted octanol–water partition coefficient (Wildman–Crippen LogP) is 2.77. The van der Waals surface area contributed by atoms with E-state index in [1.165, 1.54) is 16.2 Å². The van der Waals surface area contributed by atoms with E-state index in [0.717, 1.165) is 21.9 Å². The van der Waals surface area contributed by atoms with E-state index in [2.05, 4.69) is 17.1 Å². The normalized spacial score (nSPS) is 34.5. The van der Waals surface area contributed by atoms with Gasteiger partial charge in [-0.2, -0.15) is 0 Å². The minimum Gasteiger partial charge on any atom is -0.481 e. The maximum absolute atomic E-state index is 13.3. The molecule has 2 bridgehead atoms. The Labute approximate surface area is 192 Å². The van der Waals surface area contributed by atoms with Crippen LogP contribution in [0.1, 0.15) is 35.6 Å². The highest BCUT2D eigenvalue weighted by atomic mass is 32.2. The standard InChI is InChI=1S/C23H22N2O5S2/c26-13(27)7-4-8-25-21(28)16-11-9-12(17(16)22(25)29)18-15(11)14(10-5-2-1-3-6-10)19-20(31-18)24-23(30)32-19/h1-3,5-6,11-12,14-18H,4,7-9H2,(H,24,30)(H,26,27)/t11-,12-,14-,15+,16-,17+,18-/m1/s1. The number of aromatic nitrogens is 1. The van der Waals surface area contributed by atoms with Crippen LogP contribution >= 0.6 is 23.1 Å². The summed E-state index contributed by atoms with van der Waals surface area (Å²) in [6.07, 6.45) is 1.10. The number of nitrogens with one attached hydrogen (secondary N) is 1. The monoisotopic (exact) mass is 470 g/mol. The molecule has 166 valence electrons. The molecule has 3 heterocycles. The summed E-state index contributed by atoms with van der Waals surface area (Å²) in [5.74, 6) is -1.36. The molecule has 0 spiro atoms. The molecule has 1 aromatic carbocycles. The topological polar surface area (TPSA) is 108 Å². The Balaban J connectivity index is 1.37. The third kappa shape index (κ3) is 2.80. The van der Waals surface area contributed by atoms with E-state index in [-0.39, 0.29) is 76.8 Å². The van der Waals surface area contributed by atoms with Crippen molar-refractivity contribution in [3.63, 3.8) is 0 Å². The number of imide groups is 1. The summed E-state index contributed by atoms with van der Waals surface area (Å²) < 4.78 is 0. The summed E-state index contributed by atoms with van der Waals surface area (Å²) >= 11 is 2.94. The van der Waals surface area contributed by atoms with Crippen molar-refractivity contribution in [2.75, 3.05) is 6.54 Å². The number of rotatable bonds is 5. The number of carbonyl (C=O) groups is 3. The molecule has 2 aliphatic heterocycles. The van der Waals surface area contributed by atoms with Crippen LogP contribution in [0.25, 0.3) is 0 Å². The Morgan fingerprint density at radius 2 is 1.81 bits per heavy atom. The largest absolute Gasteiger partial charge is 0.481 e. The third-order valence-corrected chi connectivity index (χ3v) is 10.3. The van der Waals surface area contributed by atoms with Gasteiger partial charge < -0.3 is 10.1 Å². The molecule has 0 radical (unpaired) electrons. The van der Waals surface area contributed by atoms with Crippen LogP contribution in [0, 0.1) is 29.6 Å². The number of fused-ring (bicyclic) bond motifs is 9. The zero-order valence-electron chi connectivity index (χ0n) is 17.1. The molecule has 2 saturated carbocycles. The Hall–Kier alpha value is -2.39. The van der Waals surface area contributed by atoms with Gasteiger partial charge in [0.1, 0.15) is 0 Å². The Morgan fingerprint density at radius 1 is 1.09 bits per heavy atom. The maximum atomic E-state index is 13.3. The van der Waals surface area contributed by atoms with Gasteiger partial charge in [-0.25, -0.2) is 0 Å². The van der Waals surface area contributed by atoms with E-state index in [1.54, 1.807) is 11.8 Å². The first-order valence-corrected chi connectivity index (χ1v) is 12.7. The van der Waals surface area contributed by atoms with Crippen molar-refractivity contribution in [3.05, 3.63) is 50.4 Å². The second kappa shape index (κ2) is 7.31. The molecular formula is C23H22N2O5S2. The van der Waals surface area contributed by atoms with E-state index < -0.39 is 5.97 Å². The number of thioether (sulfide) groups is 1. The van der Waals surface area contributed by atoms with Crippen molar-refractivity contribution in [3.8, 4) is 0 Å². The van der Waals surface area contributed by atoms with Gasteiger partial charge >= 0.3 is 10.8 Å². The maximum Gasteiger partial charge on any atom is 0.305 e. The lowest BCUT2D eigenvalue weighted by atomic mass is 9.68. The van der Waals surface area contributed by atoms with Gasteiger partial charge in [-0.05, 0) is 36.2 Å². The van der Waals surface area contributed by atoms with Crippen LogP contribution in [0.5, 0.6) is 0 Å². The Bertz CT molecular complexity index is 1170. The highest BCUT2D eigenvalue weighted by molar-refractivity contribution is 8.00. The average Bonchev–Trinajstić information content (AvgIpc) is 3.49. The van der Waals surface area contributed by atoms with Crippen molar-refractivity contribution in [2.45, 2.75) is 35.5 Å². The fraction of sp³-hybridized carbons (Fsp3) is 0.478. The number of aromatic amines is 1. The smallest absolute Gasteiger partial charge is 0.305 e. The van der Waals surface area contributed by atoms with E-state index in [1.807, 2.05) is 18.2 Å². The predicted molar refractivity (Wildman–Crippen MR) is 119 cm³/mol. The fourth-order valence-electron chi connectivity index (χ4n) is 6.72. The van der Waals surface area contributed by atoms with Gasteiger partial charge in [0, 0.05) is 29.0 Å².